The van der Waals surface area contributed by atoms with E-state index in [9.17, 15) is 0 Å². The number of hydrogen-bond donors (Lipinski definition) is 0. The Kier molecular flexibility index (Phi) is 7.63. The first kappa shape index (κ1) is 35.5. The quantitative estimate of drug-likeness (QED) is 0.161. The van der Waals surface area contributed by atoms with Crippen molar-refractivity contribution in [3.8, 4) is 44.5 Å². The van der Waals surface area contributed by atoms with Gasteiger partial charge in [-0.2, -0.15) is 0 Å². The SMILES string of the molecule is c1ccc(-c2c3ccccc3c(-c3cccc4c3sc3cc(-c5c6ccccc6c(-c6ccc7oc8ccc9ccccc9c8c7c6)c6ccccc56)ccc34)c3ccccc23)cc1. The maximum Gasteiger partial charge on any atom is 0.136 e. The lowest BCUT2D eigenvalue weighted by Crippen LogP contribution is -1.90. The summed E-state index contributed by atoms with van der Waals surface area (Å²) < 4.78 is 9.06. The molecule has 12 aromatic carbocycles. The van der Waals surface area contributed by atoms with Gasteiger partial charge in [0.05, 0.1) is 0 Å². The average molecular weight is 829 g/mol. The van der Waals surface area contributed by atoms with Gasteiger partial charge in [-0.15, -0.1) is 11.3 Å². The molecule has 0 unspecified atom stereocenters. The highest BCUT2D eigenvalue weighted by molar-refractivity contribution is 7.26. The zero-order valence-corrected chi connectivity index (χ0v) is 35.4. The zero-order chi connectivity index (χ0) is 41.9. The minimum atomic E-state index is 0.908. The van der Waals surface area contributed by atoms with Gasteiger partial charge in [0, 0.05) is 36.5 Å². The molecule has 1 nitrogen and oxygen atoms in total. The molecule has 0 spiro atoms. The lowest BCUT2D eigenvalue weighted by molar-refractivity contribution is 0.669. The number of hydrogen-bond acceptors (Lipinski definition) is 2. The standard InChI is InChI=1S/C62H36OS/c1-2-16-38(17-3-1)57-47-23-10-12-25-49(47)60(50-26-13-11-24-48(50)57)52-28-14-27-51-42-32-29-40(36-56(42)64-62(51)52)59-45-21-8-6-19-43(45)58(44-20-7-9-22-46(44)59)39-31-33-54-53(35-39)61-41-18-5-4-15-37(41)30-34-55(61)63-54/h1-36H. The van der Waals surface area contributed by atoms with E-state index in [0.717, 1.165) is 16.6 Å². The van der Waals surface area contributed by atoms with Crippen molar-refractivity contribution in [3.05, 3.63) is 218 Å². The summed E-state index contributed by atoms with van der Waals surface area (Å²) in [5, 5.41) is 17.4. The van der Waals surface area contributed by atoms with Crippen LogP contribution in [0.5, 0.6) is 0 Å². The smallest absolute Gasteiger partial charge is 0.136 e. The Bertz CT molecular complexity index is 4130. The molecule has 0 atom stereocenters. The molecule has 0 aliphatic carbocycles. The van der Waals surface area contributed by atoms with Crippen LogP contribution in [0.1, 0.15) is 0 Å². The van der Waals surface area contributed by atoms with Gasteiger partial charge in [-0.3, -0.25) is 0 Å². The lowest BCUT2D eigenvalue weighted by atomic mass is 9.85. The molecule has 14 aromatic rings. The Balaban J connectivity index is 0.986. The van der Waals surface area contributed by atoms with Gasteiger partial charge >= 0.3 is 0 Å². The van der Waals surface area contributed by atoms with Crippen LogP contribution in [0.2, 0.25) is 0 Å². The van der Waals surface area contributed by atoms with Crippen molar-refractivity contribution in [2.75, 3.05) is 0 Å². The van der Waals surface area contributed by atoms with Crippen molar-refractivity contribution in [1.29, 1.82) is 0 Å². The fourth-order valence-corrected chi connectivity index (χ4v) is 12.2. The summed E-state index contributed by atoms with van der Waals surface area (Å²) in [5.41, 5.74) is 11.9. The molecule has 14 rings (SSSR count). The maximum atomic E-state index is 6.45. The summed E-state index contributed by atoms with van der Waals surface area (Å²) in [6.45, 7) is 0. The van der Waals surface area contributed by atoms with E-state index in [4.69, 9.17) is 4.42 Å². The minimum absolute atomic E-state index is 0.908. The minimum Gasteiger partial charge on any atom is -0.456 e. The lowest BCUT2D eigenvalue weighted by Gasteiger charge is -2.18. The molecule has 296 valence electrons. The molecule has 0 saturated heterocycles. The summed E-state index contributed by atoms with van der Waals surface area (Å²) in [5.74, 6) is 0. The van der Waals surface area contributed by atoms with Crippen molar-refractivity contribution in [2.24, 2.45) is 0 Å². The molecular formula is C62H36OS. The first-order valence-electron chi connectivity index (χ1n) is 22.0. The van der Waals surface area contributed by atoms with E-state index in [1.807, 2.05) is 11.3 Å². The van der Waals surface area contributed by atoms with Crippen molar-refractivity contribution < 1.29 is 4.42 Å². The normalized spacial score (nSPS) is 12.1. The Morgan fingerprint density at radius 3 is 1.39 bits per heavy atom. The zero-order valence-electron chi connectivity index (χ0n) is 34.6. The molecule has 0 bridgehead atoms. The number of thiophene rings is 1. The Morgan fingerprint density at radius 1 is 0.281 bits per heavy atom. The molecule has 0 fully saturated rings. The summed E-state index contributed by atoms with van der Waals surface area (Å²) in [7, 11) is 0. The van der Waals surface area contributed by atoms with Gasteiger partial charge in [-0.25, -0.2) is 0 Å². The topological polar surface area (TPSA) is 13.1 Å². The summed E-state index contributed by atoms with van der Waals surface area (Å²) in [6, 6.07) is 80.4. The highest BCUT2D eigenvalue weighted by Gasteiger charge is 2.22. The Morgan fingerprint density at radius 2 is 0.766 bits per heavy atom. The van der Waals surface area contributed by atoms with Crippen LogP contribution < -0.4 is 0 Å². The average Bonchev–Trinajstić information content (AvgIpc) is 3.93. The maximum absolute atomic E-state index is 6.45. The van der Waals surface area contributed by atoms with Crippen LogP contribution in [0.15, 0.2) is 223 Å². The molecule has 2 heteroatoms. The highest BCUT2D eigenvalue weighted by Crippen LogP contribution is 2.50. The first-order valence-corrected chi connectivity index (χ1v) is 22.8. The summed E-state index contributed by atoms with van der Waals surface area (Å²) >= 11 is 1.92. The van der Waals surface area contributed by atoms with E-state index in [1.165, 1.54) is 124 Å². The molecule has 0 saturated carbocycles. The monoisotopic (exact) mass is 828 g/mol. The number of furan rings is 1. The van der Waals surface area contributed by atoms with Crippen LogP contribution in [-0.4, -0.2) is 0 Å². The van der Waals surface area contributed by atoms with E-state index < -0.39 is 0 Å². The third kappa shape index (κ3) is 5.12. The van der Waals surface area contributed by atoms with Crippen molar-refractivity contribution >= 4 is 107 Å². The van der Waals surface area contributed by atoms with Crippen LogP contribution in [0.3, 0.4) is 0 Å². The second-order valence-corrected chi connectivity index (χ2v) is 18.1. The molecule has 0 radical (unpaired) electrons. The van der Waals surface area contributed by atoms with Gasteiger partial charge in [-0.05, 0) is 117 Å². The van der Waals surface area contributed by atoms with E-state index in [2.05, 4.69) is 218 Å². The van der Waals surface area contributed by atoms with Crippen LogP contribution in [-0.2, 0) is 0 Å². The Labute approximate surface area is 372 Å². The second-order valence-electron chi connectivity index (χ2n) is 17.0. The van der Waals surface area contributed by atoms with Crippen LogP contribution in [0.25, 0.3) is 140 Å². The molecule has 2 aromatic heterocycles. The summed E-state index contributed by atoms with van der Waals surface area (Å²) in [6.07, 6.45) is 0. The predicted molar refractivity (Wildman–Crippen MR) is 276 cm³/mol. The van der Waals surface area contributed by atoms with Gasteiger partial charge in [0.15, 0.2) is 0 Å². The molecule has 2 heterocycles. The van der Waals surface area contributed by atoms with Crippen LogP contribution in [0, 0.1) is 0 Å². The number of rotatable bonds is 4. The van der Waals surface area contributed by atoms with Gasteiger partial charge in [-0.1, -0.05) is 194 Å². The largest absolute Gasteiger partial charge is 0.456 e. The predicted octanol–water partition coefficient (Wildman–Crippen LogP) is 18.4. The van der Waals surface area contributed by atoms with Gasteiger partial charge in [0.1, 0.15) is 11.2 Å². The number of fused-ring (bicyclic) bond motifs is 12. The van der Waals surface area contributed by atoms with Crippen molar-refractivity contribution in [2.45, 2.75) is 0 Å². The molecule has 64 heavy (non-hydrogen) atoms. The van der Waals surface area contributed by atoms with E-state index in [1.54, 1.807) is 0 Å². The molecule has 0 aliphatic heterocycles. The fourth-order valence-electron chi connectivity index (χ4n) is 10.9. The fraction of sp³-hybridized carbons (Fsp3) is 0. The molecule has 0 aliphatic rings. The molecular weight excluding hydrogens is 793 g/mol. The van der Waals surface area contributed by atoms with Gasteiger partial charge < -0.3 is 4.42 Å². The number of benzene rings is 12. The van der Waals surface area contributed by atoms with Crippen LogP contribution in [0.4, 0.5) is 0 Å². The Hall–Kier alpha value is -8.04. The van der Waals surface area contributed by atoms with E-state index in [0.29, 0.717) is 0 Å². The third-order valence-electron chi connectivity index (χ3n) is 13.6. The highest BCUT2D eigenvalue weighted by atomic mass is 32.1. The van der Waals surface area contributed by atoms with Gasteiger partial charge in [0.2, 0.25) is 0 Å². The van der Waals surface area contributed by atoms with Crippen molar-refractivity contribution in [1.82, 2.24) is 0 Å². The van der Waals surface area contributed by atoms with Gasteiger partial charge in [0.25, 0.3) is 0 Å². The van der Waals surface area contributed by atoms with Crippen molar-refractivity contribution in [3.63, 3.8) is 0 Å². The van der Waals surface area contributed by atoms with E-state index in [-0.39, 0.29) is 0 Å². The molecule has 0 amide bonds. The summed E-state index contributed by atoms with van der Waals surface area (Å²) in [4.78, 5) is 0. The first-order chi connectivity index (χ1) is 31.8. The second kappa shape index (κ2) is 13.7. The third-order valence-corrected chi connectivity index (χ3v) is 14.8. The van der Waals surface area contributed by atoms with Crippen LogP contribution >= 0.6 is 11.3 Å². The molecule has 0 N–H and O–H groups in total. The van der Waals surface area contributed by atoms with E-state index >= 15 is 0 Å².